The molecule has 0 aliphatic rings. The second kappa shape index (κ2) is 5.44. The summed E-state index contributed by atoms with van der Waals surface area (Å²) in [6.07, 6.45) is 1.70. The third-order valence-electron chi connectivity index (χ3n) is 3.72. The highest BCUT2D eigenvalue weighted by molar-refractivity contribution is 7.12. The summed E-state index contributed by atoms with van der Waals surface area (Å²) < 4.78 is 1.37. The molecule has 0 atom stereocenters. The zero-order chi connectivity index (χ0) is 15.8. The van der Waals surface area contributed by atoms with Crippen molar-refractivity contribution in [3.05, 3.63) is 76.0 Å². The molecule has 4 aromatic rings. The molecule has 0 spiro atoms. The third-order valence-corrected chi connectivity index (χ3v) is 4.53. The minimum atomic E-state index is -0.145. The van der Waals surface area contributed by atoms with Crippen LogP contribution in [0.3, 0.4) is 0 Å². The fourth-order valence-corrected chi connectivity index (χ4v) is 3.23. The summed E-state index contributed by atoms with van der Waals surface area (Å²) in [6, 6.07) is 15.6. The van der Waals surface area contributed by atoms with E-state index in [4.69, 9.17) is 0 Å². The lowest BCUT2D eigenvalue weighted by Crippen LogP contribution is -2.20. The molecule has 0 radical (unpaired) electrons. The van der Waals surface area contributed by atoms with Gasteiger partial charge in [-0.05, 0) is 13.0 Å². The molecule has 5 heteroatoms. The van der Waals surface area contributed by atoms with Crippen molar-refractivity contribution in [3.63, 3.8) is 0 Å². The molecule has 0 bridgehead atoms. The maximum atomic E-state index is 12.6. The predicted octanol–water partition coefficient (Wildman–Crippen LogP) is 3.82. The molecule has 0 unspecified atom stereocenters. The van der Waals surface area contributed by atoms with E-state index in [1.165, 1.54) is 21.6 Å². The number of rotatable bonds is 2. The highest BCUT2D eigenvalue weighted by Crippen LogP contribution is 2.23. The molecule has 0 fully saturated rings. The van der Waals surface area contributed by atoms with Crippen LogP contribution in [0.5, 0.6) is 0 Å². The minimum absolute atomic E-state index is 0.145. The molecule has 23 heavy (non-hydrogen) atoms. The van der Waals surface area contributed by atoms with Crippen LogP contribution < -0.4 is 5.56 Å². The standard InChI is InChI=1S/C18H13N3OS/c1-12-6-8-13(9-7-12)16-11-23-18(20-16)21-17(22)15-5-3-2-4-14(15)10-19-21/h2-11H,1H3. The molecule has 4 rings (SSSR count). The number of hydrogen-bond donors (Lipinski definition) is 0. The molecular formula is C18H13N3OS. The highest BCUT2D eigenvalue weighted by Gasteiger charge is 2.10. The number of thiazole rings is 1. The van der Waals surface area contributed by atoms with Crippen LogP contribution in [-0.2, 0) is 0 Å². The Morgan fingerprint density at radius 1 is 1.04 bits per heavy atom. The van der Waals surface area contributed by atoms with Crippen molar-refractivity contribution >= 4 is 22.1 Å². The Hall–Kier alpha value is -2.79. The minimum Gasteiger partial charge on any atom is -0.267 e. The Balaban J connectivity index is 1.82. The Kier molecular flexibility index (Phi) is 3.28. The van der Waals surface area contributed by atoms with Crippen molar-refractivity contribution in [2.75, 3.05) is 0 Å². The largest absolute Gasteiger partial charge is 0.281 e. The van der Waals surface area contributed by atoms with Crippen LogP contribution in [0.4, 0.5) is 0 Å². The first-order valence-corrected chi connectivity index (χ1v) is 8.10. The number of fused-ring (bicyclic) bond motifs is 1. The summed E-state index contributed by atoms with van der Waals surface area (Å²) in [5.41, 5.74) is 2.95. The van der Waals surface area contributed by atoms with Crippen molar-refractivity contribution in [1.29, 1.82) is 0 Å². The van der Waals surface area contributed by atoms with Crippen molar-refractivity contribution in [2.24, 2.45) is 0 Å². The van der Waals surface area contributed by atoms with E-state index in [2.05, 4.69) is 29.1 Å². The Labute approximate surface area is 136 Å². The Bertz CT molecular complexity index is 1050. The molecular weight excluding hydrogens is 306 g/mol. The first-order chi connectivity index (χ1) is 11.2. The first kappa shape index (κ1) is 13.8. The zero-order valence-electron chi connectivity index (χ0n) is 12.4. The molecule has 112 valence electrons. The Morgan fingerprint density at radius 2 is 1.83 bits per heavy atom. The molecule has 0 amide bonds. The lowest BCUT2D eigenvalue weighted by molar-refractivity contribution is 0.813. The van der Waals surface area contributed by atoms with E-state index >= 15 is 0 Å². The van der Waals surface area contributed by atoms with Crippen LogP contribution in [0, 0.1) is 6.92 Å². The van der Waals surface area contributed by atoms with Gasteiger partial charge in [-0.1, -0.05) is 48.0 Å². The van der Waals surface area contributed by atoms with Crippen molar-refractivity contribution in [1.82, 2.24) is 14.8 Å². The number of aryl methyl sites for hydroxylation is 1. The summed E-state index contributed by atoms with van der Waals surface area (Å²) in [7, 11) is 0. The van der Waals surface area contributed by atoms with Crippen LogP contribution in [0.1, 0.15) is 5.56 Å². The van der Waals surface area contributed by atoms with Crippen LogP contribution >= 0.6 is 11.3 Å². The number of nitrogens with zero attached hydrogens (tertiary/aromatic N) is 3. The molecule has 2 heterocycles. The molecule has 0 saturated carbocycles. The molecule has 2 aromatic heterocycles. The average Bonchev–Trinajstić information content (AvgIpc) is 3.06. The normalized spacial score (nSPS) is 11.0. The van der Waals surface area contributed by atoms with Gasteiger partial charge in [0, 0.05) is 16.3 Å². The van der Waals surface area contributed by atoms with Gasteiger partial charge in [0.1, 0.15) is 0 Å². The van der Waals surface area contributed by atoms with Gasteiger partial charge < -0.3 is 0 Å². The monoisotopic (exact) mass is 319 g/mol. The van der Waals surface area contributed by atoms with Crippen molar-refractivity contribution in [2.45, 2.75) is 6.92 Å². The second-order valence-electron chi connectivity index (χ2n) is 5.33. The van der Waals surface area contributed by atoms with Crippen LogP contribution in [0.15, 0.2) is 64.9 Å². The van der Waals surface area contributed by atoms with Crippen molar-refractivity contribution < 1.29 is 0 Å². The van der Waals surface area contributed by atoms with E-state index in [1.54, 1.807) is 6.20 Å². The lowest BCUT2D eigenvalue weighted by atomic mass is 10.1. The highest BCUT2D eigenvalue weighted by atomic mass is 32.1. The summed E-state index contributed by atoms with van der Waals surface area (Å²) >= 11 is 1.41. The second-order valence-corrected chi connectivity index (χ2v) is 6.17. The maximum absolute atomic E-state index is 12.6. The topological polar surface area (TPSA) is 47.8 Å². The van der Waals surface area contributed by atoms with Gasteiger partial charge in [-0.25, -0.2) is 4.98 Å². The van der Waals surface area contributed by atoms with Crippen LogP contribution in [-0.4, -0.2) is 14.8 Å². The van der Waals surface area contributed by atoms with E-state index in [9.17, 15) is 4.79 Å². The SMILES string of the molecule is Cc1ccc(-c2csc(-n3ncc4ccccc4c3=O)n2)cc1. The first-order valence-electron chi connectivity index (χ1n) is 7.22. The fraction of sp³-hybridized carbons (Fsp3) is 0.0556. The molecule has 4 nitrogen and oxygen atoms in total. The zero-order valence-corrected chi connectivity index (χ0v) is 13.2. The van der Waals surface area contributed by atoms with Gasteiger partial charge in [-0.3, -0.25) is 4.79 Å². The summed E-state index contributed by atoms with van der Waals surface area (Å²) in [5, 5.41) is 8.26. The van der Waals surface area contributed by atoms with Gasteiger partial charge in [0.05, 0.1) is 17.3 Å². The number of aromatic nitrogens is 3. The molecule has 0 aliphatic heterocycles. The quantitative estimate of drug-likeness (QED) is 0.564. The van der Waals surface area contributed by atoms with E-state index in [0.29, 0.717) is 10.5 Å². The third kappa shape index (κ3) is 2.45. The maximum Gasteiger partial charge on any atom is 0.281 e. The Morgan fingerprint density at radius 3 is 2.65 bits per heavy atom. The van der Waals surface area contributed by atoms with E-state index < -0.39 is 0 Å². The molecule has 2 aromatic carbocycles. The summed E-state index contributed by atoms with van der Waals surface area (Å²) in [6.45, 7) is 2.05. The fourth-order valence-electron chi connectivity index (χ4n) is 2.45. The molecule has 0 N–H and O–H groups in total. The summed E-state index contributed by atoms with van der Waals surface area (Å²) in [5.74, 6) is 0. The smallest absolute Gasteiger partial charge is 0.267 e. The van der Waals surface area contributed by atoms with Gasteiger partial charge >= 0.3 is 0 Å². The predicted molar refractivity (Wildman–Crippen MR) is 93.2 cm³/mol. The average molecular weight is 319 g/mol. The van der Waals surface area contributed by atoms with Crippen LogP contribution in [0.25, 0.3) is 27.2 Å². The van der Waals surface area contributed by atoms with Crippen molar-refractivity contribution in [3.8, 4) is 16.4 Å². The lowest BCUT2D eigenvalue weighted by Gasteiger charge is -2.02. The number of benzene rings is 2. The van der Waals surface area contributed by atoms with Gasteiger partial charge in [0.2, 0.25) is 5.13 Å². The van der Waals surface area contributed by atoms with Crippen LogP contribution in [0.2, 0.25) is 0 Å². The molecule has 0 aliphatic carbocycles. The van der Waals surface area contributed by atoms with Gasteiger partial charge in [0.25, 0.3) is 5.56 Å². The summed E-state index contributed by atoms with van der Waals surface area (Å²) in [4.78, 5) is 17.2. The van der Waals surface area contributed by atoms with E-state index in [0.717, 1.165) is 16.6 Å². The number of hydrogen-bond acceptors (Lipinski definition) is 4. The molecule has 0 saturated heterocycles. The van der Waals surface area contributed by atoms with E-state index in [1.807, 2.05) is 41.8 Å². The van der Waals surface area contributed by atoms with Gasteiger partial charge in [0.15, 0.2) is 0 Å². The van der Waals surface area contributed by atoms with Gasteiger partial charge in [-0.15, -0.1) is 11.3 Å². The van der Waals surface area contributed by atoms with Gasteiger partial charge in [-0.2, -0.15) is 9.78 Å². The van der Waals surface area contributed by atoms with E-state index in [-0.39, 0.29) is 5.56 Å².